The van der Waals surface area contributed by atoms with Crippen molar-refractivity contribution in [1.82, 2.24) is 0 Å². The molecule has 0 atom stereocenters. The van der Waals surface area contributed by atoms with Crippen molar-refractivity contribution in [2.45, 2.75) is 212 Å². The quantitative estimate of drug-likeness (QED) is 0.0685. The first-order valence-electron chi connectivity index (χ1n) is 35.8. The number of rotatable bonds is 18. The van der Waals surface area contributed by atoms with Crippen molar-refractivity contribution in [1.29, 1.82) is 0 Å². The van der Waals surface area contributed by atoms with E-state index in [9.17, 15) is 44.6 Å². The highest BCUT2D eigenvalue weighted by molar-refractivity contribution is 9.10. The van der Waals surface area contributed by atoms with Crippen molar-refractivity contribution < 1.29 is 49.4 Å². The third-order valence-electron chi connectivity index (χ3n) is 21.0. The topological polar surface area (TPSA) is 29.5 Å². The van der Waals surface area contributed by atoms with E-state index < -0.39 is 70.5 Å². The van der Waals surface area contributed by atoms with Gasteiger partial charge >= 0.3 is 0 Å². The molecule has 4 aliphatic rings. The van der Waals surface area contributed by atoms with Crippen LogP contribution in [-0.2, 0) is 6.61 Å². The maximum absolute atomic E-state index is 14.6. The van der Waals surface area contributed by atoms with E-state index in [-0.39, 0.29) is 5.56 Å². The molecule has 0 radical (unpaired) electrons. The van der Waals surface area contributed by atoms with E-state index in [0.29, 0.717) is 40.0 Å². The summed E-state index contributed by atoms with van der Waals surface area (Å²) in [4.78, 5) is 0. The molecule has 4 aliphatic carbocycles. The van der Waals surface area contributed by atoms with Crippen LogP contribution in [0.5, 0.6) is 11.5 Å². The van der Waals surface area contributed by atoms with Gasteiger partial charge in [-0.3, -0.25) is 0 Å². The molecule has 0 saturated heterocycles. The molecule has 0 heterocycles. The van der Waals surface area contributed by atoms with Gasteiger partial charge in [0.1, 0.15) is 18.2 Å². The van der Waals surface area contributed by atoms with Crippen LogP contribution in [0.2, 0.25) is 0 Å². The lowest BCUT2D eigenvalue weighted by Crippen LogP contribution is -2.13. The second-order valence-corrected chi connectivity index (χ2v) is 28.7. The van der Waals surface area contributed by atoms with Gasteiger partial charge in [-0.15, -0.1) is 0 Å². The van der Waals surface area contributed by atoms with E-state index >= 15 is 0 Å². The van der Waals surface area contributed by atoms with Crippen molar-refractivity contribution >= 4 is 15.9 Å². The minimum absolute atomic E-state index is 0.0846. The van der Waals surface area contributed by atoms with Crippen LogP contribution in [-0.4, -0.2) is 5.11 Å². The first-order chi connectivity index (χ1) is 46.9. The Hall–Kier alpha value is -6.79. The fourth-order valence-electron chi connectivity index (χ4n) is 15.5. The summed E-state index contributed by atoms with van der Waals surface area (Å²) in [6.45, 7) is 8.53. The monoisotopic (exact) mass is 1400 g/mol. The van der Waals surface area contributed by atoms with Crippen LogP contribution >= 0.6 is 15.9 Å². The summed E-state index contributed by atoms with van der Waals surface area (Å²) < 4.78 is 129. The highest BCUT2D eigenvalue weighted by atomic mass is 79.9. The largest absolute Gasteiger partial charge is 0.503 e. The number of benzene rings is 8. The summed E-state index contributed by atoms with van der Waals surface area (Å²) in [7, 11) is 0. The van der Waals surface area contributed by atoms with Crippen molar-refractivity contribution in [3.05, 3.63) is 236 Å². The maximum Gasteiger partial charge on any atom is 0.194 e. The zero-order chi connectivity index (χ0) is 69.0. The predicted molar refractivity (Wildman–Crippen MR) is 380 cm³/mol. The molecule has 12 heteroatoms. The summed E-state index contributed by atoms with van der Waals surface area (Å²) in [5.74, 6) is -4.55. The SMILES string of the molecule is CCCC1CCC(c2ccc(-c3cc(F)c(O)c(F)c3)cc2)CC1.CCCC1CCC(c2ccc(-c3cc(F)c(OCc4cc(F)c(F)c(F)c4)c(F)c3)cc2)CC1.CCCC1CCC(c2ccc(-c3cc(F)cc(F)c3)cc2)CC1.CCCC1CCC(c2ccc(Br)cc2)CC1. The Labute approximate surface area is 579 Å². The van der Waals surface area contributed by atoms with E-state index in [4.69, 9.17) is 4.74 Å². The highest BCUT2D eigenvalue weighted by Gasteiger charge is 2.27. The van der Waals surface area contributed by atoms with Crippen LogP contribution in [0, 0.1) is 76.0 Å². The summed E-state index contributed by atoms with van der Waals surface area (Å²) >= 11 is 3.50. The van der Waals surface area contributed by atoms with Crippen molar-refractivity contribution in [2.24, 2.45) is 23.7 Å². The fourth-order valence-corrected chi connectivity index (χ4v) is 15.8. The lowest BCUT2D eigenvalue weighted by molar-refractivity contribution is 0.272. The van der Waals surface area contributed by atoms with Crippen molar-refractivity contribution in [3.63, 3.8) is 0 Å². The lowest BCUT2D eigenvalue weighted by Gasteiger charge is -2.28. The Balaban J connectivity index is 0.000000157. The van der Waals surface area contributed by atoms with Gasteiger partial charge in [-0.1, -0.05) is 180 Å². The molecule has 1 N–H and O–H groups in total. The van der Waals surface area contributed by atoms with Gasteiger partial charge in [-0.2, -0.15) is 0 Å². The Morgan fingerprint density at radius 1 is 0.330 bits per heavy atom. The van der Waals surface area contributed by atoms with Gasteiger partial charge in [-0.05, 0) is 272 Å². The Kier molecular flexibility index (Phi) is 28.3. The van der Waals surface area contributed by atoms with Gasteiger partial charge in [0.2, 0.25) is 0 Å². The molecule has 518 valence electrons. The fraction of sp³-hybridized carbons (Fsp3) is 0.435. The van der Waals surface area contributed by atoms with Crippen LogP contribution in [0.4, 0.5) is 39.5 Å². The molecule has 0 amide bonds. The minimum atomic E-state index is -1.61. The number of hydrogen-bond donors (Lipinski definition) is 1. The van der Waals surface area contributed by atoms with Crippen LogP contribution in [0.15, 0.2) is 156 Å². The average Bonchev–Trinajstić information content (AvgIpc) is 0.933. The van der Waals surface area contributed by atoms with Crippen molar-refractivity contribution in [2.75, 3.05) is 0 Å². The van der Waals surface area contributed by atoms with E-state index in [1.807, 2.05) is 48.5 Å². The average molecular weight is 1400 g/mol. The second-order valence-electron chi connectivity index (χ2n) is 27.8. The molecule has 12 rings (SSSR count). The third-order valence-corrected chi connectivity index (χ3v) is 21.5. The number of phenols is 1. The van der Waals surface area contributed by atoms with E-state index in [1.165, 1.54) is 205 Å². The van der Waals surface area contributed by atoms with E-state index in [0.717, 1.165) is 71.0 Å². The molecular formula is C85H96BrF9O2. The molecule has 0 unspecified atom stereocenters. The molecule has 4 saturated carbocycles. The maximum atomic E-state index is 14.6. The molecule has 0 spiro atoms. The first-order valence-corrected chi connectivity index (χ1v) is 36.6. The molecule has 97 heavy (non-hydrogen) atoms. The van der Waals surface area contributed by atoms with Crippen LogP contribution in [0.25, 0.3) is 33.4 Å². The normalized spacial score (nSPS) is 20.8. The number of aromatic hydroxyl groups is 1. The zero-order valence-electron chi connectivity index (χ0n) is 56.9. The van der Waals surface area contributed by atoms with Crippen LogP contribution in [0.3, 0.4) is 0 Å². The number of halogens is 10. The molecule has 8 aromatic carbocycles. The predicted octanol–water partition coefficient (Wildman–Crippen LogP) is 27.3. The number of phenolic OH excluding ortho intramolecular Hbond substituents is 1. The summed E-state index contributed by atoms with van der Waals surface area (Å²) in [6.07, 6.45) is 31.3. The summed E-state index contributed by atoms with van der Waals surface area (Å²) in [5, 5.41) is 9.20. The smallest absolute Gasteiger partial charge is 0.194 e. The zero-order valence-corrected chi connectivity index (χ0v) is 58.5. The highest BCUT2D eigenvalue weighted by Crippen LogP contribution is 2.43. The van der Waals surface area contributed by atoms with Crippen LogP contribution < -0.4 is 4.74 Å². The molecule has 4 fully saturated rings. The second kappa shape index (κ2) is 36.9. The Morgan fingerprint density at radius 2 is 0.608 bits per heavy atom. The summed E-state index contributed by atoms with van der Waals surface area (Å²) in [5.41, 5.74) is 9.09. The van der Waals surface area contributed by atoms with Gasteiger partial charge in [0.25, 0.3) is 0 Å². The first kappa shape index (κ1) is 74.4. The van der Waals surface area contributed by atoms with E-state index in [1.54, 1.807) is 0 Å². The van der Waals surface area contributed by atoms with Gasteiger partial charge < -0.3 is 9.84 Å². The lowest BCUT2D eigenvalue weighted by atomic mass is 9.77. The Bertz CT molecular complexity index is 3620. The van der Waals surface area contributed by atoms with Gasteiger partial charge in [-0.25, -0.2) is 39.5 Å². The molecule has 0 bridgehead atoms. The van der Waals surface area contributed by atoms with E-state index in [2.05, 4.69) is 92.2 Å². The molecular weight excluding hydrogens is 1300 g/mol. The van der Waals surface area contributed by atoms with Gasteiger partial charge in [0, 0.05) is 10.5 Å². The minimum Gasteiger partial charge on any atom is -0.503 e. The van der Waals surface area contributed by atoms with Gasteiger partial charge in [0.15, 0.2) is 52.2 Å². The standard InChI is InChI=1S/C28H27F5O.C21H24F2O.C21H24F2.C15H21Br/c1-2-3-17-4-6-19(7-5-17)20-8-10-21(11-9-20)22-14-25(31)28(26(32)15-22)34-16-18-12-23(29)27(33)24(30)13-18;1-2-3-14-4-6-15(7-5-14)16-8-10-17(11-9-16)18-12-19(22)21(24)20(23)13-18;1-2-3-15-4-6-16(7-5-15)17-8-10-18(11-9-17)19-12-20(22)14-21(23)13-19;1-2-3-12-4-6-13(7-5-12)14-8-10-15(16)11-9-14/h8-15,17,19H,2-7,16H2,1H3;8-15,24H,2-7H2,1H3;8-16H,2-7H2,1H3;8-13H,2-7H2,1H3. The third kappa shape index (κ3) is 21.4. The van der Waals surface area contributed by atoms with Gasteiger partial charge in [0.05, 0.1) is 0 Å². The van der Waals surface area contributed by atoms with Crippen molar-refractivity contribution in [3.8, 4) is 44.9 Å². The molecule has 0 aromatic heterocycles. The molecule has 2 nitrogen and oxygen atoms in total. The Morgan fingerprint density at radius 3 is 0.907 bits per heavy atom. The number of hydrogen-bond acceptors (Lipinski definition) is 2. The molecule has 0 aliphatic heterocycles. The number of ether oxygens (including phenoxy) is 1. The van der Waals surface area contributed by atoms with Crippen LogP contribution in [0.1, 0.15) is 233 Å². The summed E-state index contributed by atoms with van der Waals surface area (Å²) in [6, 6.07) is 42.7. The molecule has 8 aromatic rings.